The summed E-state index contributed by atoms with van der Waals surface area (Å²) in [5, 5.41) is 6.50. The SMILES string of the molecule is Cc1ccc(C(C)NS(=O)(=O)c2n[nH]c(C)c2CN)cc1. The van der Waals surface area contributed by atoms with Crippen molar-refractivity contribution in [3.63, 3.8) is 0 Å². The molecule has 0 spiro atoms. The quantitative estimate of drug-likeness (QED) is 0.779. The second kappa shape index (κ2) is 5.97. The Morgan fingerprint density at radius 2 is 1.90 bits per heavy atom. The number of hydrogen-bond donors (Lipinski definition) is 3. The number of nitrogens with one attached hydrogen (secondary N) is 2. The van der Waals surface area contributed by atoms with Crippen LogP contribution in [0.15, 0.2) is 29.3 Å². The summed E-state index contributed by atoms with van der Waals surface area (Å²) in [6, 6.07) is 7.36. The fraction of sp³-hybridized carbons (Fsp3) is 0.357. The van der Waals surface area contributed by atoms with Crippen LogP contribution in [0.5, 0.6) is 0 Å². The number of aryl methyl sites for hydroxylation is 2. The van der Waals surface area contributed by atoms with Crippen LogP contribution in [0.1, 0.15) is 35.3 Å². The number of H-pyrrole nitrogens is 1. The molecule has 4 N–H and O–H groups in total. The maximum Gasteiger partial charge on any atom is 0.260 e. The molecular weight excluding hydrogens is 288 g/mol. The molecular formula is C14H20N4O2S. The molecule has 7 heteroatoms. The number of aromatic amines is 1. The molecule has 0 saturated heterocycles. The van der Waals surface area contributed by atoms with E-state index < -0.39 is 10.0 Å². The van der Waals surface area contributed by atoms with Gasteiger partial charge in [0.15, 0.2) is 5.03 Å². The highest BCUT2D eigenvalue weighted by Gasteiger charge is 2.25. The van der Waals surface area contributed by atoms with E-state index in [4.69, 9.17) is 5.73 Å². The molecule has 0 aliphatic rings. The highest BCUT2D eigenvalue weighted by atomic mass is 32.2. The van der Waals surface area contributed by atoms with Crippen LogP contribution in [0.2, 0.25) is 0 Å². The first kappa shape index (κ1) is 15.7. The molecule has 0 radical (unpaired) electrons. The van der Waals surface area contributed by atoms with Crippen molar-refractivity contribution in [1.29, 1.82) is 0 Å². The lowest BCUT2D eigenvalue weighted by molar-refractivity contribution is 0.561. The highest BCUT2D eigenvalue weighted by molar-refractivity contribution is 7.89. The Labute approximate surface area is 124 Å². The zero-order chi connectivity index (χ0) is 15.6. The molecule has 1 aromatic carbocycles. The second-order valence-corrected chi connectivity index (χ2v) is 6.72. The van der Waals surface area contributed by atoms with E-state index in [1.807, 2.05) is 31.2 Å². The van der Waals surface area contributed by atoms with Crippen LogP contribution in [0.25, 0.3) is 0 Å². The van der Waals surface area contributed by atoms with E-state index in [2.05, 4.69) is 14.9 Å². The molecule has 1 heterocycles. The molecule has 1 atom stereocenters. The number of nitrogens with two attached hydrogens (primary N) is 1. The van der Waals surface area contributed by atoms with Gasteiger partial charge in [-0.15, -0.1) is 0 Å². The third-order valence-electron chi connectivity index (χ3n) is 3.40. The van der Waals surface area contributed by atoms with E-state index in [0.29, 0.717) is 11.3 Å². The molecule has 0 saturated carbocycles. The summed E-state index contributed by atoms with van der Waals surface area (Å²) in [7, 11) is -3.71. The van der Waals surface area contributed by atoms with Crippen LogP contribution in [-0.4, -0.2) is 18.6 Å². The highest BCUT2D eigenvalue weighted by Crippen LogP contribution is 2.20. The molecule has 1 aromatic heterocycles. The maximum absolute atomic E-state index is 12.4. The summed E-state index contributed by atoms with van der Waals surface area (Å²) in [5.74, 6) is 0. The van der Waals surface area contributed by atoms with Gasteiger partial charge in [-0.05, 0) is 26.3 Å². The summed E-state index contributed by atoms with van der Waals surface area (Å²) in [6.45, 7) is 5.65. The van der Waals surface area contributed by atoms with Gasteiger partial charge in [0, 0.05) is 23.8 Å². The van der Waals surface area contributed by atoms with Crippen molar-refractivity contribution in [2.24, 2.45) is 5.73 Å². The van der Waals surface area contributed by atoms with E-state index in [1.54, 1.807) is 13.8 Å². The molecule has 0 fully saturated rings. The van der Waals surface area contributed by atoms with Gasteiger partial charge in [-0.25, -0.2) is 13.1 Å². The molecule has 0 bridgehead atoms. The number of rotatable bonds is 5. The lowest BCUT2D eigenvalue weighted by Gasteiger charge is -2.14. The van der Waals surface area contributed by atoms with E-state index in [1.165, 1.54) is 0 Å². The van der Waals surface area contributed by atoms with Crippen LogP contribution in [0.3, 0.4) is 0 Å². The summed E-state index contributed by atoms with van der Waals surface area (Å²) in [4.78, 5) is 0. The Morgan fingerprint density at radius 1 is 1.29 bits per heavy atom. The van der Waals surface area contributed by atoms with Gasteiger partial charge < -0.3 is 5.73 Å². The Bertz CT molecular complexity index is 720. The average molecular weight is 308 g/mol. The smallest absolute Gasteiger partial charge is 0.260 e. The fourth-order valence-corrected chi connectivity index (χ4v) is 3.54. The van der Waals surface area contributed by atoms with Crippen LogP contribution >= 0.6 is 0 Å². The van der Waals surface area contributed by atoms with Crippen molar-refractivity contribution in [2.45, 2.75) is 38.4 Å². The van der Waals surface area contributed by atoms with Gasteiger partial charge in [-0.1, -0.05) is 29.8 Å². The van der Waals surface area contributed by atoms with Crippen molar-refractivity contribution in [3.8, 4) is 0 Å². The van der Waals surface area contributed by atoms with Crippen LogP contribution < -0.4 is 10.5 Å². The summed E-state index contributed by atoms with van der Waals surface area (Å²) < 4.78 is 27.5. The molecule has 2 aromatic rings. The Balaban J connectivity index is 2.26. The number of benzene rings is 1. The van der Waals surface area contributed by atoms with Gasteiger partial charge in [-0.2, -0.15) is 5.10 Å². The van der Waals surface area contributed by atoms with Crippen molar-refractivity contribution < 1.29 is 8.42 Å². The minimum absolute atomic E-state index is 0.0264. The monoisotopic (exact) mass is 308 g/mol. The molecule has 0 aliphatic heterocycles. The lowest BCUT2D eigenvalue weighted by atomic mass is 10.1. The van der Waals surface area contributed by atoms with Crippen molar-refractivity contribution in [2.75, 3.05) is 0 Å². The molecule has 2 rings (SSSR count). The maximum atomic E-state index is 12.4. The Hall–Kier alpha value is -1.70. The third-order valence-corrected chi connectivity index (χ3v) is 4.91. The zero-order valence-electron chi connectivity index (χ0n) is 12.3. The number of nitrogens with zero attached hydrogens (tertiary/aromatic N) is 1. The molecule has 6 nitrogen and oxygen atoms in total. The van der Waals surface area contributed by atoms with Gasteiger partial charge >= 0.3 is 0 Å². The van der Waals surface area contributed by atoms with Gasteiger partial charge in [0.25, 0.3) is 10.0 Å². The molecule has 21 heavy (non-hydrogen) atoms. The molecule has 114 valence electrons. The third kappa shape index (κ3) is 3.31. The molecule has 0 aliphatic carbocycles. The minimum Gasteiger partial charge on any atom is -0.326 e. The Morgan fingerprint density at radius 3 is 2.48 bits per heavy atom. The van der Waals surface area contributed by atoms with Gasteiger partial charge in [-0.3, -0.25) is 5.10 Å². The first-order chi connectivity index (χ1) is 9.85. The van der Waals surface area contributed by atoms with Crippen LogP contribution in [0.4, 0.5) is 0 Å². The second-order valence-electron chi connectivity index (χ2n) is 5.09. The van der Waals surface area contributed by atoms with Crippen molar-refractivity contribution >= 4 is 10.0 Å². The van der Waals surface area contributed by atoms with E-state index in [-0.39, 0.29) is 17.6 Å². The normalized spacial score (nSPS) is 13.3. The summed E-state index contributed by atoms with van der Waals surface area (Å²) >= 11 is 0. The predicted molar refractivity (Wildman–Crippen MR) is 81.1 cm³/mol. The number of sulfonamides is 1. The van der Waals surface area contributed by atoms with Gasteiger partial charge in [0.2, 0.25) is 0 Å². The van der Waals surface area contributed by atoms with E-state index in [0.717, 1.165) is 11.1 Å². The standard InChI is InChI=1S/C14H20N4O2S/c1-9-4-6-12(7-5-9)10(2)18-21(19,20)14-13(8-15)11(3)16-17-14/h4-7,10,18H,8,15H2,1-3H3,(H,16,17). The summed E-state index contributed by atoms with van der Waals surface area (Å²) in [6.07, 6.45) is 0. The van der Waals surface area contributed by atoms with Crippen LogP contribution in [-0.2, 0) is 16.6 Å². The molecule has 0 amide bonds. The fourth-order valence-electron chi connectivity index (χ4n) is 2.10. The Kier molecular flexibility index (Phi) is 4.46. The lowest BCUT2D eigenvalue weighted by Crippen LogP contribution is -2.28. The molecule has 1 unspecified atom stereocenters. The average Bonchev–Trinajstić information content (AvgIpc) is 2.80. The van der Waals surface area contributed by atoms with Crippen LogP contribution in [0, 0.1) is 13.8 Å². The summed E-state index contributed by atoms with van der Waals surface area (Å²) in [5.41, 5.74) is 8.80. The van der Waals surface area contributed by atoms with Crippen molar-refractivity contribution in [3.05, 3.63) is 46.6 Å². The van der Waals surface area contributed by atoms with Crippen molar-refractivity contribution in [1.82, 2.24) is 14.9 Å². The number of aromatic nitrogens is 2. The van der Waals surface area contributed by atoms with E-state index in [9.17, 15) is 8.42 Å². The largest absolute Gasteiger partial charge is 0.326 e. The van der Waals surface area contributed by atoms with E-state index >= 15 is 0 Å². The topological polar surface area (TPSA) is 101 Å². The minimum atomic E-state index is -3.71. The zero-order valence-corrected chi connectivity index (χ0v) is 13.2. The first-order valence-electron chi connectivity index (χ1n) is 6.68. The number of hydrogen-bond acceptors (Lipinski definition) is 4. The van der Waals surface area contributed by atoms with Gasteiger partial charge in [0.1, 0.15) is 0 Å². The first-order valence-corrected chi connectivity index (χ1v) is 8.16. The van der Waals surface area contributed by atoms with Gasteiger partial charge in [0.05, 0.1) is 0 Å². The predicted octanol–water partition coefficient (Wildman–Crippen LogP) is 1.52.